The van der Waals surface area contributed by atoms with Crippen molar-refractivity contribution in [1.82, 2.24) is 0 Å². The Balaban J connectivity index is 1.58. The minimum atomic E-state index is -0.441. The van der Waals surface area contributed by atoms with Crippen molar-refractivity contribution < 1.29 is 19.4 Å². The van der Waals surface area contributed by atoms with Crippen molar-refractivity contribution in [2.45, 2.75) is 76.6 Å². The predicted molar refractivity (Wildman–Crippen MR) is 82.6 cm³/mol. The van der Waals surface area contributed by atoms with Gasteiger partial charge in [-0.3, -0.25) is 9.59 Å². The van der Waals surface area contributed by atoms with E-state index in [-0.39, 0.29) is 28.5 Å². The molecule has 4 saturated carbocycles. The fraction of sp³-hybridized carbons (Fsp3) is 0.895. The smallest absolute Gasteiger partial charge is 0.139 e. The molecule has 0 bridgehead atoms. The molecule has 8 atom stereocenters. The van der Waals surface area contributed by atoms with Gasteiger partial charge in [0.15, 0.2) is 0 Å². The van der Waals surface area contributed by atoms with Crippen LogP contribution in [0, 0.1) is 28.6 Å². The maximum Gasteiger partial charge on any atom is 0.139 e. The molecular formula is C19H26O4. The number of aliphatic hydroxyl groups is 1. The van der Waals surface area contributed by atoms with E-state index in [1.807, 2.05) is 0 Å². The molecule has 0 aromatic rings. The van der Waals surface area contributed by atoms with Crippen LogP contribution >= 0.6 is 0 Å². The first kappa shape index (κ1) is 14.6. The van der Waals surface area contributed by atoms with Crippen LogP contribution in [0.2, 0.25) is 0 Å². The second-order valence-electron chi connectivity index (χ2n) is 9.31. The lowest BCUT2D eigenvalue weighted by Gasteiger charge is -2.59. The second kappa shape index (κ2) is 4.08. The summed E-state index contributed by atoms with van der Waals surface area (Å²) in [7, 11) is 0. The summed E-state index contributed by atoms with van der Waals surface area (Å²) < 4.78 is 6.17. The van der Waals surface area contributed by atoms with Crippen LogP contribution in [0.3, 0.4) is 0 Å². The van der Waals surface area contributed by atoms with Gasteiger partial charge in [0, 0.05) is 30.1 Å². The van der Waals surface area contributed by atoms with Crippen LogP contribution in [0.5, 0.6) is 0 Å². The molecule has 23 heavy (non-hydrogen) atoms. The van der Waals surface area contributed by atoms with Crippen LogP contribution in [0.4, 0.5) is 0 Å². The van der Waals surface area contributed by atoms with Crippen molar-refractivity contribution in [1.29, 1.82) is 0 Å². The standard InChI is InChI=1S/C19H26O4/c1-17-9-13(21)16-11(12(17)3-4-14(17)22)7-15-19(23-15)8-10(20)5-6-18(16,19)2/h11-13,15-16,21H,3-9H2,1-2H3/t11-,12-,13-,15-,16+,17-,18+,19-/m0/s1. The molecule has 1 saturated heterocycles. The van der Waals surface area contributed by atoms with E-state index in [1.54, 1.807) is 0 Å². The number of hydrogen-bond acceptors (Lipinski definition) is 4. The largest absolute Gasteiger partial charge is 0.393 e. The van der Waals surface area contributed by atoms with Crippen LogP contribution in [0.1, 0.15) is 58.8 Å². The maximum atomic E-state index is 12.5. The van der Waals surface area contributed by atoms with Gasteiger partial charge in [0.2, 0.25) is 0 Å². The highest BCUT2D eigenvalue weighted by Crippen LogP contribution is 2.72. The molecule has 0 unspecified atom stereocenters. The molecule has 5 fully saturated rings. The molecule has 0 amide bonds. The fourth-order valence-electron chi connectivity index (χ4n) is 7.36. The lowest BCUT2D eigenvalue weighted by atomic mass is 9.44. The molecule has 126 valence electrons. The third-order valence-electron chi connectivity index (χ3n) is 8.55. The van der Waals surface area contributed by atoms with Gasteiger partial charge in [-0.25, -0.2) is 0 Å². The van der Waals surface area contributed by atoms with Gasteiger partial charge in [0.25, 0.3) is 0 Å². The van der Waals surface area contributed by atoms with E-state index >= 15 is 0 Å². The number of carbonyl (C=O) groups is 2. The van der Waals surface area contributed by atoms with Crippen LogP contribution in [0.25, 0.3) is 0 Å². The zero-order valence-corrected chi connectivity index (χ0v) is 14.0. The molecule has 5 rings (SSSR count). The summed E-state index contributed by atoms with van der Waals surface area (Å²) in [6.45, 7) is 4.33. The Hall–Kier alpha value is -0.740. The zero-order valence-electron chi connectivity index (χ0n) is 14.0. The molecule has 0 aromatic carbocycles. The van der Waals surface area contributed by atoms with E-state index in [2.05, 4.69) is 13.8 Å². The lowest BCUT2D eigenvalue weighted by molar-refractivity contribution is -0.164. The van der Waals surface area contributed by atoms with E-state index in [4.69, 9.17) is 4.74 Å². The number of hydrogen-bond donors (Lipinski definition) is 1. The Kier molecular flexibility index (Phi) is 2.59. The van der Waals surface area contributed by atoms with Crippen molar-refractivity contribution >= 4 is 11.6 Å². The van der Waals surface area contributed by atoms with Crippen molar-refractivity contribution in [3.63, 3.8) is 0 Å². The van der Waals surface area contributed by atoms with Gasteiger partial charge in [-0.05, 0) is 43.4 Å². The van der Waals surface area contributed by atoms with Crippen molar-refractivity contribution in [3.8, 4) is 0 Å². The van der Waals surface area contributed by atoms with Gasteiger partial charge in [0.05, 0.1) is 12.2 Å². The summed E-state index contributed by atoms with van der Waals surface area (Å²) >= 11 is 0. The lowest BCUT2D eigenvalue weighted by Crippen LogP contribution is -2.62. The Morgan fingerprint density at radius 3 is 2.78 bits per heavy atom. The van der Waals surface area contributed by atoms with Crippen LogP contribution in [-0.4, -0.2) is 34.5 Å². The zero-order chi connectivity index (χ0) is 16.2. The van der Waals surface area contributed by atoms with E-state index in [9.17, 15) is 14.7 Å². The number of aliphatic hydroxyl groups excluding tert-OH is 1. The minimum Gasteiger partial charge on any atom is -0.393 e. The normalized spacial score (nSPS) is 60.6. The average Bonchev–Trinajstić information content (AvgIpc) is 3.09. The number of Topliss-reactive ketones (excluding diaryl/α,β-unsaturated/α-hetero) is 2. The molecule has 0 radical (unpaired) electrons. The van der Waals surface area contributed by atoms with E-state index < -0.39 is 6.10 Å². The summed E-state index contributed by atoms with van der Waals surface area (Å²) in [4.78, 5) is 24.5. The molecule has 5 aliphatic rings. The first-order chi connectivity index (χ1) is 10.8. The van der Waals surface area contributed by atoms with Crippen molar-refractivity contribution in [3.05, 3.63) is 0 Å². The molecular weight excluding hydrogens is 292 g/mol. The first-order valence-corrected chi connectivity index (χ1v) is 9.23. The summed E-state index contributed by atoms with van der Waals surface area (Å²) in [5.41, 5.74) is -0.752. The molecule has 1 N–H and O–H groups in total. The van der Waals surface area contributed by atoms with Crippen LogP contribution in [-0.2, 0) is 14.3 Å². The number of ketones is 2. The van der Waals surface area contributed by atoms with E-state index in [0.29, 0.717) is 49.1 Å². The predicted octanol–water partition coefficient (Wildman–Crippen LogP) is 2.27. The summed E-state index contributed by atoms with van der Waals surface area (Å²) in [6.07, 6.45) is 4.88. The summed E-state index contributed by atoms with van der Waals surface area (Å²) in [5.74, 6) is 1.60. The molecule has 1 heterocycles. The Morgan fingerprint density at radius 1 is 1.22 bits per heavy atom. The number of ether oxygens (including phenoxy) is 1. The van der Waals surface area contributed by atoms with E-state index in [1.165, 1.54) is 0 Å². The molecule has 4 nitrogen and oxygen atoms in total. The number of epoxide rings is 1. The van der Waals surface area contributed by atoms with E-state index in [0.717, 1.165) is 19.3 Å². The van der Waals surface area contributed by atoms with Gasteiger partial charge in [-0.2, -0.15) is 0 Å². The average molecular weight is 318 g/mol. The quantitative estimate of drug-likeness (QED) is 0.696. The number of rotatable bonds is 0. The number of carbonyl (C=O) groups excluding carboxylic acids is 2. The molecule has 4 aliphatic carbocycles. The third-order valence-corrected chi connectivity index (χ3v) is 8.55. The first-order valence-electron chi connectivity index (χ1n) is 9.23. The highest BCUT2D eigenvalue weighted by molar-refractivity contribution is 5.87. The summed E-state index contributed by atoms with van der Waals surface area (Å²) in [6, 6.07) is 0. The van der Waals surface area contributed by atoms with Gasteiger partial charge < -0.3 is 9.84 Å². The van der Waals surface area contributed by atoms with Gasteiger partial charge in [0.1, 0.15) is 17.2 Å². The fourth-order valence-corrected chi connectivity index (χ4v) is 7.36. The van der Waals surface area contributed by atoms with Gasteiger partial charge in [-0.1, -0.05) is 13.8 Å². The molecule has 0 aromatic heterocycles. The Labute approximate surface area is 137 Å². The highest BCUT2D eigenvalue weighted by Gasteiger charge is 2.77. The SMILES string of the molecule is C[C@]12C[C@H](O)[C@H]3[C@@H](C[C@@H]4O[C@@]45CC(=O)CC[C@]35C)[C@@H]1CCC2=O. The highest BCUT2D eigenvalue weighted by atomic mass is 16.6. The molecule has 1 spiro atoms. The Bertz CT molecular complexity index is 614. The summed E-state index contributed by atoms with van der Waals surface area (Å²) in [5, 5.41) is 11.0. The van der Waals surface area contributed by atoms with Gasteiger partial charge in [-0.15, -0.1) is 0 Å². The van der Waals surface area contributed by atoms with Gasteiger partial charge >= 0.3 is 0 Å². The Morgan fingerprint density at radius 2 is 2.00 bits per heavy atom. The monoisotopic (exact) mass is 318 g/mol. The topological polar surface area (TPSA) is 66.9 Å². The third kappa shape index (κ3) is 1.51. The molecule has 1 aliphatic heterocycles. The molecule has 4 heteroatoms. The van der Waals surface area contributed by atoms with Crippen LogP contribution in [0.15, 0.2) is 0 Å². The maximum absolute atomic E-state index is 12.5. The van der Waals surface area contributed by atoms with Crippen molar-refractivity contribution in [2.24, 2.45) is 28.6 Å². The second-order valence-corrected chi connectivity index (χ2v) is 9.31. The minimum absolute atomic E-state index is 0.110. The number of fused-ring (bicyclic) bond motifs is 4. The van der Waals surface area contributed by atoms with Crippen molar-refractivity contribution in [2.75, 3.05) is 0 Å². The van der Waals surface area contributed by atoms with Crippen LogP contribution < -0.4 is 0 Å².